The zero-order chi connectivity index (χ0) is 22.6. The standard InChI is InChI=1S/C29H16N4O/c30-17-18-9-11-19(12-10-18)20-13-15-31-26-27-29(34-28(20)26)25(14-16-32-27)33-23-7-3-1-5-21(23)22-6-2-4-8-24(22)33/h1-16H. The van der Waals surface area contributed by atoms with Gasteiger partial charge in [0.1, 0.15) is 11.0 Å². The van der Waals surface area contributed by atoms with Crippen molar-refractivity contribution in [2.24, 2.45) is 0 Å². The fourth-order valence-electron chi connectivity index (χ4n) is 4.84. The molecule has 0 aliphatic rings. The van der Waals surface area contributed by atoms with Crippen LogP contribution in [0, 0.1) is 11.3 Å². The molecule has 3 aromatic carbocycles. The lowest BCUT2D eigenvalue weighted by molar-refractivity contribution is 0.666. The summed E-state index contributed by atoms with van der Waals surface area (Å²) in [5, 5.41) is 11.5. The van der Waals surface area contributed by atoms with Crippen LogP contribution in [0.2, 0.25) is 0 Å². The van der Waals surface area contributed by atoms with Gasteiger partial charge >= 0.3 is 0 Å². The van der Waals surface area contributed by atoms with Gasteiger partial charge in [-0.15, -0.1) is 0 Å². The van der Waals surface area contributed by atoms with Gasteiger partial charge in [0.25, 0.3) is 0 Å². The van der Waals surface area contributed by atoms with Crippen molar-refractivity contribution in [1.82, 2.24) is 14.5 Å². The van der Waals surface area contributed by atoms with Crippen molar-refractivity contribution in [2.45, 2.75) is 0 Å². The second-order valence-electron chi connectivity index (χ2n) is 8.20. The highest BCUT2D eigenvalue weighted by atomic mass is 16.3. The lowest BCUT2D eigenvalue weighted by atomic mass is 10.0. The lowest BCUT2D eigenvalue weighted by Gasteiger charge is -2.07. The molecule has 5 heteroatoms. The zero-order valence-corrected chi connectivity index (χ0v) is 17.9. The van der Waals surface area contributed by atoms with E-state index in [-0.39, 0.29) is 0 Å². The number of rotatable bonds is 2. The Hall–Kier alpha value is -4.95. The van der Waals surface area contributed by atoms with E-state index in [0.29, 0.717) is 16.7 Å². The molecule has 7 aromatic rings. The molecule has 0 aliphatic heterocycles. The number of pyridine rings is 2. The van der Waals surface area contributed by atoms with Gasteiger partial charge in [-0.05, 0) is 42.0 Å². The molecule has 4 aromatic heterocycles. The maximum Gasteiger partial charge on any atom is 0.179 e. The van der Waals surface area contributed by atoms with Gasteiger partial charge in [0.05, 0.1) is 28.4 Å². The van der Waals surface area contributed by atoms with Crippen LogP contribution in [0.1, 0.15) is 5.56 Å². The van der Waals surface area contributed by atoms with Crippen molar-refractivity contribution in [3.63, 3.8) is 0 Å². The fraction of sp³-hybridized carbons (Fsp3) is 0. The average molecular weight is 436 g/mol. The number of hydrogen-bond donors (Lipinski definition) is 0. The van der Waals surface area contributed by atoms with E-state index in [1.54, 1.807) is 6.20 Å². The summed E-state index contributed by atoms with van der Waals surface area (Å²) in [5.41, 5.74) is 8.46. The maximum absolute atomic E-state index is 9.15. The Morgan fingerprint density at radius 3 is 1.97 bits per heavy atom. The molecule has 0 bridgehead atoms. The van der Waals surface area contributed by atoms with E-state index in [4.69, 9.17) is 9.68 Å². The van der Waals surface area contributed by atoms with Crippen LogP contribution < -0.4 is 0 Å². The second-order valence-corrected chi connectivity index (χ2v) is 8.20. The van der Waals surface area contributed by atoms with Gasteiger partial charge in [-0.2, -0.15) is 5.26 Å². The highest BCUT2D eigenvalue weighted by Crippen LogP contribution is 2.38. The van der Waals surface area contributed by atoms with Crippen molar-refractivity contribution >= 4 is 44.0 Å². The minimum Gasteiger partial charge on any atom is -0.450 e. The van der Waals surface area contributed by atoms with E-state index in [0.717, 1.165) is 38.9 Å². The molecule has 0 atom stereocenters. The van der Waals surface area contributed by atoms with E-state index in [2.05, 4.69) is 69.1 Å². The first kappa shape index (κ1) is 18.6. The summed E-state index contributed by atoms with van der Waals surface area (Å²) < 4.78 is 8.77. The topological polar surface area (TPSA) is 67.6 Å². The van der Waals surface area contributed by atoms with E-state index < -0.39 is 0 Å². The van der Waals surface area contributed by atoms with E-state index in [1.807, 2.05) is 42.6 Å². The number of fused-ring (bicyclic) bond motifs is 6. The molecule has 0 saturated heterocycles. The summed E-state index contributed by atoms with van der Waals surface area (Å²) in [6.07, 6.45) is 3.59. The lowest BCUT2D eigenvalue weighted by Crippen LogP contribution is -1.94. The van der Waals surface area contributed by atoms with Crippen LogP contribution in [0.15, 0.2) is 102 Å². The minimum atomic E-state index is 0.619. The minimum absolute atomic E-state index is 0.619. The van der Waals surface area contributed by atoms with Crippen LogP contribution in [0.4, 0.5) is 0 Å². The molecule has 5 nitrogen and oxygen atoms in total. The third kappa shape index (κ3) is 2.54. The molecule has 0 spiro atoms. The molecule has 158 valence electrons. The first-order chi connectivity index (χ1) is 16.8. The van der Waals surface area contributed by atoms with Gasteiger partial charge in [-0.1, -0.05) is 48.5 Å². The maximum atomic E-state index is 9.15. The molecular weight excluding hydrogens is 420 g/mol. The zero-order valence-electron chi connectivity index (χ0n) is 17.9. The normalized spacial score (nSPS) is 11.5. The largest absolute Gasteiger partial charge is 0.450 e. The number of aromatic nitrogens is 3. The fourth-order valence-corrected chi connectivity index (χ4v) is 4.84. The van der Waals surface area contributed by atoms with Crippen molar-refractivity contribution in [1.29, 1.82) is 5.26 Å². The Morgan fingerprint density at radius 2 is 1.29 bits per heavy atom. The summed E-state index contributed by atoms with van der Waals surface area (Å²) in [4.78, 5) is 9.27. The smallest absolute Gasteiger partial charge is 0.179 e. The van der Waals surface area contributed by atoms with Crippen molar-refractivity contribution in [3.8, 4) is 22.9 Å². The molecule has 0 unspecified atom stereocenters. The first-order valence-corrected chi connectivity index (χ1v) is 11.0. The van der Waals surface area contributed by atoms with Crippen LogP contribution in [0.25, 0.3) is 60.8 Å². The van der Waals surface area contributed by atoms with Crippen molar-refractivity contribution < 1.29 is 4.42 Å². The van der Waals surface area contributed by atoms with Gasteiger partial charge in [0, 0.05) is 28.7 Å². The predicted molar refractivity (Wildman–Crippen MR) is 134 cm³/mol. The number of para-hydroxylation sites is 2. The average Bonchev–Trinajstić information content (AvgIpc) is 3.45. The Labute approximate surface area is 194 Å². The second kappa shape index (κ2) is 7.03. The Morgan fingerprint density at radius 1 is 0.676 bits per heavy atom. The van der Waals surface area contributed by atoms with E-state index in [9.17, 15) is 0 Å². The molecule has 0 saturated carbocycles. The van der Waals surface area contributed by atoms with Gasteiger partial charge in [-0.3, -0.25) is 9.97 Å². The van der Waals surface area contributed by atoms with E-state index in [1.165, 1.54) is 10.8 Å². The number of nitriles is 1. The summed E-state index contributed by atoms with van der Waals surface area (Å²) in [5.74, 6) is 0. The summed E-state index contributed by atoms with van der Waals surface area (Å²) in [6.45, 7) is 0. The molecule has 0 radical (unpaired) electrons. The van der Waals surface area contributed by atoms with Gasteiger partial charge in [0.2, 0.25) is 0 Å². The predicted octanol–water partition coefficient (Wildman–Crippen LogP) is 7.01. The highest BCUT2D eigenvalue weighted by Gasteiger charge is 2.20. The quantitative estimate of drug-likeness (QED) is 0.292. The molecule has 0 aliphatic carbocycles. The third-order valence-electron chi connectivity index (χ3n) is 6.36. The van der Waals surface area contributed by atoms with Gasteiger partial charge in [-0.25, -0.2) is 0 Å². The number of nitrogens with zero attached hydrogens (tertiary/aromatic N) is 4. The van der Waals surface area contributed by atoms with Crippen LogP contribution in [0.3, 0.4) is 0 Å². The molecule has 4 heterocycles. The molecule has 0 fully saturated rings. The molecule has 0 N–H and O–H groups in total. The number of hydrogen-bond acceptors (Lipinski definition) is 4. The van der Waals surface area contributed by atoms with Crippen molar-refractivity contribution in [3.05, 3.63) is 103 Å². The van der Waals surface area contributed by atoms with Crippen LogP contribution in [-0.4, -0.2) is 14.5 Å². The van der Waals surface area contributed by atoms with Gasteiger partial charge < -0.3 is 8.98 Å². The van der Waals surface area contributed by atoms with Crippen molar-refractivity contribution in [2.75, 3.05) is 0 Å². The Kier molecular flexibility index (Phi) is 3.84. The van der Waals surface area contributed by atoms with Crippen LogP contribution in [0.5, 0.6) is 0 Å². The monoisotopic (exact) mass is 436 g/mol. The third-order valence-corrected chi connectivity index (χ3v) is 6.36. The summed E-state index contributed by atoms with van der Waals surface area (Å²) in [7, 11) is 0. The highest BCUT2D eigenvalue weighted by molar-refractivity contribution is 6.12. The summed E-state index contributed by atoms with van der Waals surface area (Å²) >= 11 is 0. The van der Waals surface area contributed by atoms with Crippen LogP contribution in [-0.2, 0) is 0 Å². The number of furan rings is 1. The summed E-state index contributed by atoms with van der Waals surface area (Å²) in [6, 6.07) is 30.4. The molecule has 0 amide bonds. The molecule has 7 rings (SSSR count). The molecular formula is C29H16N4O. The molecule has 34 heavy (non-hydrogen) atoms. The van der Waals surface area contributed by atoms with E-state index >= 15 is 0 Å². The number of benzene rings is 3. The Bertz CT molecular complexity index is 1870. The van der Waals surface area contributed by atoms with Crippen LogP contribution >= 0.6 is 0 Å². The SMILES string of the molecule is N#Cc1ccc(-c2ccnc3c2oc2c(-n4c5ccccc5c5ccccc54)ccnc23)cc1. The first-order valence-electron chi connectivity index (χ1n) is 11.0. The van der Waals surface area contributed by atoms with Gasteiger partial charge in [0.15, 0.2) is 11.2 Å². The Balaban J connectivity index is 1.56.